The van der Waals surface area contributed by atoms with Crippen molar-refractivity contribution in [2.45, 2.75) is 78.7 Å². The molecule has 0 aliphatic carbocycles. The molecule has 0 heterocycles. The van der Waals surface area contributed by atoms with Crippen LogP contribution in [0.15, 0.2) is 24.3 Å². The second kappa shape index (κ2) is 10.4. The molecule has 0 aliphatic rings. The molecule has 0 aromatic heterocycles. The van der Waals surface area contributed by atoms with Crippen molar-refractivity contribution in [3.63, 3.8) is 0 Å². The van der Waals surface area contributed by atoms with E-state index in [1.54, 1.807) is 6.08 Å². The molecule has 126 valence electrons. The number of ether oxygens (including phenoxy) is 1. The lowest BCUT2D eigenvalue weighted by Crippen LogP contribution is -2.29. The SMILES string of the molecule is C=CC(C)(CC/C=C(/C)CCCC(C)C)OC(=O)CC(C)=O. The van der Waals surface area contributed by atoms with Gasteiger partial charge in [-0.25, -0.2) is 0 Å². The molecule has 0 aromatic carbocycles. The topological polar surface area (TPSA) is 43.4 Å². The first-order valence-electron chi connectivity index (χ1n) is 8.19. The highest BCUT2D eigenvalue weighted by molar-refractivity contribution is 5.94. The number of esters is 1. The van der Waals surface area contributed by atoms with E-state index in [0.29, 0.717) is 6.42 Å². The number of ketones is 1. The van der Waals surface area contributed by atoms with Crippen molar-refractivity contribution in [1.29, 1.82) is 0 Å². The van der Waals surface area contributed by atoms with Gasteiger partial charge in [0.05, 0.1) is 0 Å². The maximum absolute atomic E-state index is 11.6. The number of hydrogen-bond acceptors (Lipinski definition) is 3. The second-order valence-electron chi connectivity index (χ2n) is 6.74. The molecule has 0 radical (unpaired) electrons. The van der Waals surface area contributed by atoms with Gasteiger partial charge in [0.15, 0.2) is 0 Å². The van der Waals surface area contributed by atoms with E-state index >= 15 is 0 Å². The van der Waals surface area contributed by atoms with Crippen molar-refractivity contribution < 1.29 is 14.3 Å². The number of rotatable bonds is 11. The first kappa shape index (κ1) is 20.6. The number of hydrogen-bond donors (Lipinski definition) is 0. The van der Waals surface area contributed by atoms with E-state index in [1.807, 2.05) is 6.92 Å². The van der Waals surface area contributed by atoms with Gasteiger partial charge in [-0.05, 0) is 58.4 Å². The third-order valence-electron chi connectivity index (χ3n) is 3.66. The Balaban J connectivity index is 4.29. The van der Waals surface area contributed by atoms with Gasteiger partial charge in [0.2, 0.25) is 0 Å². The lowest BCUT2D eigenvalue weighted by atomic mass is 9.97. The van der Waals surface area contributed by atoms with Crippen LogP contribution in [-0.4, -0.2) is 17.4 Å². The number of carbonyl (C=O) groups is 2. The van der Waals surface area contributed by atoms with Crippen LogP contribution in [0, 0.1) is 5.92 Å². The summed E-state index contributed by atoms with van der Waals surface area (Å²) < 4.78 is 5.39. The van der Waals surface area contributed by atoms with E-state index in [9.17, 15) is 9.59 Å². The maximum Gasteiger partial charge on any atom is 0.314 e. The lowest BCUT2D eigenvalue weighted by molar-refractivity contribution is -0.155. The molecule has 0 saturated carbocycles. The zero-order valence-electron chi connectivity index (χ0n) is 14.9. The smallest absolute Gasteiger partial charge is 0.314 e. The Labute approximate surface area is 135 Å². The van der Waals surface area contributed by atoms with Gasteiger partial charge in [-0.2, -0.15) is 0 Å². The van der Waals surface area contributed by atoms with Gasteiger partial charge < -0.3 is 4.74 Å². The minimum absolute atomic E-state index is 0.173. The highest BCUT2D eigenvalue weighted by Gasteiger charge is 2.24. The van der Waals surface area contributed by atoms with Crippen molar-refractivity contribution in [3.05, 3.63) is 24.3 Å². The van der Waals surface area contributed by atoms with E-state index in [1.165, 1.54) is 25.3 Å². The fourth-order valence-corrected chi connectivity index (χ4v) is 2.19. The fourth-order valence-electron chi connectivity index (χ4n) is 2.19. The van der Waals surface area contributed by atoms with Crippen LogP contribution in [0.3, 0.4) is 0 Å². The molecule has 0 spiro atoms. The Bertz CT molecular complexity index is 407. The van der Waals surface area contributed by atoms with E-state index in [2.05, 4.69) is 33.4 Å². The van der Waals surface area contributed by atoms with Gasteiger partial charge in [-0.15, -0.1) is 0 Å². The summed E-state index contributed by atoms with van der Waals surface area (Å²) in [4.78, 5) is 22.6. The molecule has 0 fully saturated rings. The van der Waals surface area contributed by atoms with E-state index in [4.69, 9.17) is 4.74 Å². The van der Waals surface area contributed by atoms with Crippen molar-refractivity contribution >= 4 is 11.8 Å². The van der Waals surface area contributed by atoms with Gasteiger partial charge in [-0.3, -0.25) is 9.59 Å². The summed E-state index contributed by atoms with van der Waals surface area (Å²) in [5, 5.41) is 0. The monoisotopic (exact) mass is 308 g/mol. The van der Waals surface area contributed by atoms with Gasteiger partial charge in [0.25, 0.3) is 0 Å². The molecule has 3 heteroatoms. The van der Waals surface area contributed by atoms with Crippen LogP contribution in [-0.2, 0) is 14.3 Å². The third-order valence-corrected chi connectivity index (χ3v) is 3.66. The molecule has 0 saturated heterocycles. The minimum atomic E-state index is -0.707. The number of Topliss-reactive ketones (excluding diaryl/α,β-unsaturated/α-hetero) is 1. The van der Waals surface area contributed by atoms with Crippen LogP contribution < -0.4 is 0 Å². The summed E-state index contributed by atoms with van der Waals surface area (Å²) in [5.74, 6) is 0.0855. The molecule has 0 aliphatic heterocycles. The Morgan fingerprint density at radius 2 is 1.91 bits per heavy atom. The molecule has 0 aromatic rings. The zero-order chi connectivity index (χ0) is 17.2. The standard InChI is InChI=1S/C19H32O3/c1-7-19(6,22-18(21)14-17(5)20)13-9-12-16(4)11-8-10-15(2)3/h7,12,15H,1,8-11,13-14H2,2-6H3/b16-12-. The number of allylic oxidation sites excluding steroid dienone is 2. The Morgan fingerprint density at radius 3 is 2.41 bits per heavy atom. The van der Waals surface area contributed by atoms with Crippen LogP contribution in [0.1, 0.15) is 73.1 Å². The molecule has 1 atom stereocenters. The summed E-state index contributed by atoms with van der Waals surface area (Å²) in [6, 6.07) is 0. The van der Waals surface area contributed by atoms with Crippen LogP contribution in [0.2, 0.25) is 0 Å². The summed E-state index contributed by atoms with van der Waals surface area (Å²) in [5.41, 5.74) is 0.670. The second-order valence-corrected chi connectivity index (χ2v) is 6.74. The van der Waals surface area contributed by atoms with E-state index in [0.717, 1.165) is 18.8 Å². The molecular formula is C19H32O3. The molecule has 3 nitrogen and oxygen atoms in total. The van der Waals surface area contributed by atoms with Crippen molar-refractivity contribution in [3.8, 4) is 0 Å². The minimum Gasteiger partial charge on any atom is -0.455 e. The molecule has 0 N–H and O–H groups in total. The normalized spacial score (nSPS) is 14.5. The predicted molar refractivity (Wildman–Crippen MR) is 91.7 cm³/mol. The van der Waals surface area contributed by atoms with Gasteiger partial charge in [0.1, 0.15) is 17.8 Å². The van der Waals surface area contributed by atoms with Crippen LogP contribution in [0.25, 0.3) is 0 Å². The van der Waals surface area contributed by atoms with Crippen LogP contribution in [0.4, 0.5) is 0 Å². The summed E-state index contributed by atoms with van der Waals surface area (Å²) in [7, 11) is 0. The van der Waals surface area contributed by atoms with Crippen LogP contribution >= 0.6 is 0 Å². The zero-order valence-corrected chi connectivity index (χ0v) is 14.9. The molecule has 0 rings (SSSR count). The highest BCUT2D eigenvalue weighted by Crippen LogP contribution is 2.21. The van der Waals surface area contributed by atoms with E-state index in [-0.39, 0.29) is 12.2 Å². The van der Waals surface area contributed by atoms with Gasteiger partial charge >= 0.3 is 5.97 Å². The van der Waals surface area contributed by atoms with Crippen LogP contribution in [0.5, 0.6) is 0 Å². The quantitative estimate of drug-likeness (QED) is 0.306. The Kier molecular flexibility index (Phi) is 9.71. The Morgan fingerprint density at radius 1 is 1.27 bits per heavy atom. The fraction of sp³-hybridized carbons (Fsp3) is 0.684. The maximum atomic E-state index is 11.6. The average Bonchev–Trinajstić information content (AvgIpc) is 2.37. The molecule has 22 heavy (non-hydrogen) atoms. The van der Waals surface area contributed by atoms with Crippen molar-refractivity contribution in [2.75, 3.05) is 0 Å². The first-order valence-corrected chi connectivity index (χ1v) is 8.19. The number of carbonyl (C=O) groups excluding carboxylic acids is 2. The molecule has 1 unspecified atom stereocenters. The summed E-state index contributed by atoms with van der Waals surface area (Å²) in [6.45, 7) is 13.6. The third kappa shape index (κ3) is 10.4. The first-order chi connectivity index (χ1) is 10.2. The van der Waals surface area contributed by atoms with Crippen molar-refractivity contribution in [2.24, 2.45) is 5.92 Å². The molecular weight excluding hydrogens is 276 g/mol. The van der Waals surface area contributed by atoms with Gasteiger partial charge in [0, 0.05) is 0 Å². The Hall–Kier alpha value is -1.38. The lowest BCUT2D eigenvalue weighted by Gasteiger charge is -2.25. The predicted octanol–water partition coefficient (Wildman–Crippen LogP) is 5.01. The van der Waals surface area contributed by atoms with E-state index < -0.39 is 11.6 Å². The molecule has 0 bridgehead atoms. The summed E-state index contributed by atoms with van der Waals surface area (Å²) in [6.07, 6.45) is 8.78. The largest absolute Gasteiger partial charge is 0.455 e. The average molecular weight is 308 g/mol. The van der Waals surface area contributed by atoms with Crippen molar-refractivity contribution in [1.82, 2.24) is 0 Å². The molecule has 0 amide bonds. The van der Waals surface area contributed by atoms with Gasteiger partial charge in [-0.1, -0.05) is 38.5 Å². The highest BCUT2D eigenvalue weighted by atomic mass is 16.6. The summed E-state index contributed by atoms with van der Waals surface area (Å²) >= 11 is 0.